The zero-order chi connectivity index (χ0) is 16.7. The van der Waals surface area contributed by atoms with Crippen LogP contribution in [-0.2, 0) is 4.79 Å². The molecule has 0 aliphatic rings. The summed E-state index contributed by atoms with van der Waals surface area (Å²) in [7, 11) is 0. The van der Waals surface area contributed by atoms with Gasteiger partial charge in [-0.25, -0.2) is 0 Å². The number of benzene rings is 3. The fraction of sp³-hybridized carbons (Fsp3) is 0.0455. The molecule has 0 unspecified atom stereocenters. The van der Waals surface area contributed by atoms with Crippen molar-refractivity contribution in [3.05, 3.63) is 103 Å². The second-order valence-electron chi connectivity index (χ2n) is 5.56. The van der Waals surface area contributed by atoms with Gasteiger partial charge in [-0.05, 0) is 0 Å². The van der Waals surface area contributed by atoms with Gasteiger partial charge in [-0.15, -0.1) is 0 Å². The number of allylic oxidation sites excluding steroid dienone is 2. The predicted octanol–water partition coefficient (Wildman–Crippen LogP) is -0.0841. The minimum absolute atomic E-state index is 0. The molecule has 0 radical (unpaired) electrons. The fourth-order valence-electron chi connectivity index (χ4n) is 3.09. The van der Waals surface area contributed by atoms with Crippen molar-refractivity contribution in [2.45, 2.75) is 5.21 Å². The van der Waals surface area contributed by atoms with Crippen molar-refractivity contribution in [1.82, 2.24) is 0 Å². The van der Waals surface area contributed by atoms with E-state index in [-0.39, 0.29) is 17.0 Å². The first-order valence-electron chi connectivity index (χ1n) is 8.03. The Kier molecular flexibility index (Phi) is 7.43. The Bertz CT molecular complexity index is 705. The molecule has 0 atom stereocenters. The van der Waals surface area contributed by atoms with E-state index in [1.54, 1.807) is 6.08 Å². The average molecular weight is 455 g/mol. The summed E-state index contributed by atoms with van der Waals surface area (Å²) in [4.78, 5) is 10.8. The normalized spacial score (nSPS) is 11.0. The molecule has 126 valence electrons. The summed E-state index contributed by atoms with van der Waals surface area (Å²) >= 11 is -2.66. The van der Waals surface area contributed by atoms with Crippen LogP contribution >= 0.6 is 0 Å². The SMILES string of the molecule is O=C/C=C/C[As+](c1ccccc1)(c1ccccc1)c1ccccc1.[Br-]. The average Bonchev–Trinajstić information content (AvgIpc) is 2.68. The minimum Gasteiger partial charge on any atom is -1.00 e. The molecule has 1 nitrogen and oxygen atoms in total. The largest absolute Gasteiger partial charge is 1.00 e. The number of hydrogen-bond donors (Lipinski definition) is 0. The molecular formula is C22H20AsBrO. The van der Waals surface area contributed by atoms with Crippen molar-refractivity contribution in [2.75, 3.05) is 0 Å². The molecule has 0 aromatic heterocycles. The number of carbonyl (C=O) groups is 1. The molecule has 0 saturated heterocycles. The first-order valence-corrected chi connectivity index (χ1v) is 12.2. The van der Waals surface area contributed by atoms with Gasteiger partial charge in [0.25, 0.3) is 0 Å². The Hall–Kier alpha value is -1.89. The third kappa shape index (κ3) is 4.20. The van der Waals surface area contributed by atoms with Gasteiger partial charge in [0.1, 0.15) is 0 Å². The summed E-state index contributed by atoms with van der Waals surface area (Å²) in [6.45, 7) is 0. The fourth-order valence-corrected chi connectivity index (χ4v) is 11.5. The molecule has 0 saturated carbocycles. The van der Waals surface area contributed by atoms with Gasteiger partial charge in [0.15, 0.2) is 0 Å². The quantitative estimate of drug-likeness (QED) is 0.289. The van der Waals surface area contributed by atoms with Gasteiger partial charge in [0, 0.05) is 0 Å². The summed E-state index contributed by atoms with van der Waals surface area (Å²) in [6.07, 6.45) is 4.53. The summed E-state index contributed by atoms with van der Waals surface area (Å²) in [5.74, 6) is 0. The molecule has 3 rings (SSSR count). The van der Waals surface area contributed by atoms with Crippen LogP contribution in [0.15, 0.2) is 103 Å². The Balaban J connectivity index is 0.00000225. The Morgan fingerprint density at radius 3 is 1.32 bits per heavy atom. The second-order valence-corrected chi connectivity index (χ2v) is 13.0. The van der Waals surface area contributed by atoms with Crippen molar-refractivity contribution < 1.29 is 21.8 Å². The van der Waals surface area contributed by atoms with Gasteiger partial charge >= 0.3 is 146 Å². The monoisotopic (exact) mass is 454 g/mol. The minimum atomic E-state index is -2.66. The first-order chi connectivity index (χ1) is 11.9. The summed E-state index contributed by atoms with van der Waals surface area (Å²) in [5.41, 5.74) is 0. The van der Waals surface area contributed by atoms with E-state index in [0.29, 0.717) is 0 Å². The number of halogens is 1. The molecule has 25 heavy (non-hydrogen) atoms. The van der Waals surface area contributed by atoms with Crippen LogP contribution in [0.5, 0.6) is 0 Å². The van der Waals surface area contributed by atoms with Gasteiger partial charge in [-0.3, -0.25) is 0 Å². The van der Waals surface area contributed by atoms with Crippen LogP contribution in [0.25, 0.3) is 0 Å². The maximum Gasteiger partial charge on any atom is -1.00 e. The second kappa shape index (κ2) is 9.56. The molecule has 0 aliphatic carbocycles. The van der Waals surface area contributed by atoms with Gasteiger partial charge in [0.2, 0.25) is 0 Å². The first kappa shape index (κ1) is 19.4. The standard InChI is InChI=1S/C22H20AsO.BrH/c24-19-11-10-18-23(20-12-4-1-5-13-20,21-14-6-2-7-15-21)22-16-8-3-9-17-22;/h1-17,19H,18H2;1H/q+1;/p-1/b11-10+;. The van der Waals surface area contributed by atoms with E-state index in [9.17, 15) is 4.79 Å². The van der Waals surface area contributed by atoms with Crippen LogP contribution in [-0.4, -0.2) is 19.8 Å². The summed E-state index contributed by atoms with van der Waals surface area (Å²) in [5, 5.41) is 0.898. The van der Waals surface area contributed by atoms with Crippen LogP contribution in [0.2, 0.25) is 5.21 Å². The molecule has 3 heteroatoms. The smallest absolute Gasteiger partial charge is 1.00 e. The zero-order valence-corrected chi connectivity index (χ0v) is 17.3. The van der Waals surface area contributed by atoms with Crippen LogP contribution in [0.1, 0.15) is 0 Å². The van der Waals surface area contributed by atoms with Crippen molar-refractivity contribution in [3.8, 4) is 0 Å². The van der Waals surface area contributed by atoms with E-state index in [1.807, 2.05) is 6.08 Å². The number of aldehydes is 1. The van der Waals surface area contributed by atoms with Crippen molar-refractivity contribution in [2.24, 2.45) is 0 Å². The molecule has 0 aliphatic heterocycles. The van der Waals surface area contributed by atoms with Gasteiger partial charge < -0.3 is 17.0 Å². The molecule has 3 aromatic carbocycles. The van der Waals surface area contributed by atoms with Gasteiger partial charge in [-0.2, -0.15) is 0 Å². The van der Waals surface area contributed by atoms with E-state index in [1.165, 1.54) is 13.1 Å². The maximum atomic E-state index is 10.8. The van der Waals surface area contributed by atoms with Crippen molar-refractivity contribution in [1.29, 1.82) is 0 Å². The molecule has 0 heterocycles. The summed E-state index contributed by atoms with van der Waals surface area (Å²) < 4.78 is 4.18. The molecule has 0 fully saturated rings. The van der Waals surface area contributed by atoms with Crippen LogP contribution in [0.4, 0.5) is 0 Å². The molecule has 0 spiro atoms. The summed E-state index contributed by atoms with van der Waals surface area (Å²) in [6, 6.07) is 32.3. The third-order valence-electron chi connectivity index (χ3n) is 4.18. The van der Waals surface area contributed by atoms with Crippen molar-refractivity contribution >= 4 is 32.9 Å². The van der Waals surface area contributed by atoms with Crippen LogP contribution in [0.3, 0.4) is 0 Å². The zero-order valence-electron chi connectivity index (χ0n) is 13.8. The van der Waals surface area contributed by atoms with E-state index in [4.69, 9.17) is 0 Å². The molecule has 0 bridgehead atoms. The van der Waals surface area contributed by atoms with E-state index >= 15 is 0 Å². The number of carbonyl (C=O) groups excluding carboxylic acids is 1. The predicted molar refractivity (Wildman–Crippen MR) is 104 cm³/mol. The number of rotatable bonds is 6. The van der Waals surface area contributed by atoms with Gasteiger partial charge in [-0.1, -0.05) is 0 Å². The maximum absolute atomic E-state index is 10.8. The topological polar surface area (TPSA) is 17.1 Å². The Morgan fingerprint density at radius 1 is 0.640 bits per heavy atom. The Morgan fingerprint density at radius 2 is 1.00 bits per heavy atom. The molecule has 3 aromatic rings. The number of hydrogen-bond acceptors (Lipinski definition) is 1. The van der Waals surface area contributed by atoms with Crippen LogP contribution < -0.4 is 30.0 Å². The molecule has 0 N–H and O–H groups in total. The molecule has 0 amide bonds. The Labute approximate surface area is 162 Å². The molecular weight excluding hydrogens is 435 g/mol. The third-order valence-corrected chi connectivity index (χ3v) is 13.2. The van der Waals surface area contributed by atoms with E-state index in [0.717, 1.165) is 11.5 Å². The van der Waals surface area contributed by atoms with E-state index < -0.39 is 13.6 Å². The van der Waals surface area contributed by atoms with Gasteiger partial charge in [0.05, 0.1) is 0 Å². The van der Waals surface area contributed by atoms with Crippen molar-refractivity contribution in [3.63, 3.8) is 0 Å². The van der Waals surface area contributed by atoms with E-state index in [2.05, 4.69) is 91.0 Å². The van der Waals surface area contributed by atoms with Crippen LogP contribution in [0, 0.1) is 0 Å².